The molecule has 0 saturated heterocycles. The van der Waals surface area contributed by atoms with Gasteiger partial charge in [0.1, 0.15) is 18.6 Å². The van der Waals surface area contributed by atoms with E-state index in [9.17, 15) is 14.0 Å². The Morgan fingerprint density at radius 2 is 1.92 bits per heavy atom. The van der Waals surface area contributed by atoms with Crippen LogP contribution >= 0.6 is 0 Å². The van der Waals surface area contributed by atoms with Gasteiger partial charge in [-0.1, -0.05) is 36.4 Å². The third kappa shape index (κ3) is 2.99. The zero-order valence-electron chi connectivity index (χ0n) is 13.0. The number of aromatic nitrogens is 1. The van der Waals surface area contributed by atoms with Gasteiger partial charge in [-0.3, -0.25) is 9.59 Å². The summed E-state index contributed by atoms with van der Waals surface area (Å²) in [6.45, 7) is 0.318. The predicted molar refractivity (Wildman–Crippen MR) is 88.3 cm³/mol. The fourth-order valence-electron chi connectivity index (χ4n) is 2.47. The first-order valence-electron chi connectivity index (χ1n) is 7.32. The second-order valence-corrected chi connectivity index (χ2v) is 5.21. The molecule has 0 saturated carbocycles. The van der Waals surface area contributed by atoms with Crippen LogP contribution in [0.5, 0.6) is 0 Å². The molecule has 0 bridgehead atoms. The molecule has 1 aromatic heterocycles. The second kappa shape index (κ2) is 6.54. The monoisotopic (exact) mass is 326 g/mol. The van der Waals surface area contributed by atoms with Crippen LogP contribution in [-0.4, -0.2) is 17.7 Å². The van der Waals surface area contributed by atoms with Crippen LogP contribution in [0.25, 0.3) is 10.8 Å². The molecular weight excluding hydrogens is 311 g/mol. The molecule has 0 aliphatic rings. The van der Waals surface area contributed by atoms with Crippen molar-refractivity contribution in [3.8, 4) is 0 Å². The molecule has 0 fully saturated rings. The fourth-order valence-corrected chi connectivity index (χ4v) is 2.47. The molecule has 0 radical (unpaired) electrons. The third-order valence-electron chi connectivity index (χ3n) is 3.65. The van der Waals surface area contributed by atoms with Gasteiger partial charge in [0.2, 0.25) is 0 Å². The molecule has 2 aromatic carbocycles. The summed E-state index contributed by atoms with van der Waals surface area (Å²) in [6.07, 6.45) is 0. The maximum Gasteiger partial charge on any atom is 0.291 e. The van der Waals surface area contributed by atoms with Crippen molar-refractivity contribution < 1.29 is 14.0 Å². The smallest absolute Gasteiger partial charge is 0.291 e. The van der Waals surface area contributed by atoms with E-state index in [1.54, 1.807) is 0 Å². The highest BCUT2D eigenvalue weighted by Crippen LogP contribution is 2.14. The molecule has 1 amide bonds. The van der Waals surface area contributed by atoms with Crippen LogP contribution in [-0.2, 0) is 6.54 Å². The molecule has 5 nitrogen and oxygen atoms in total. The molecule has 0 aliphatic carbocycles. The first kappa shape index (κ1) is 15.7. The van der Waals surface area contributed by atoms with E-state index in [0.29, 0.717) is 11.9 Å². The van der Waals surface area contributed by atoms with Gasteiger partial charge in [-0.25, -0.2) is 4.39 Å². The number of benzene rings is 2. The van der Waals surface area contributed by atoms with Gasteiger partial charge < -0.3 is 10.2 Å². The van der Waals surface area contributed by atoms with E-state index >= 15 is 0 Å². The van der Waals surface area contributed by atoms with Crippen molar-refractivity contribution in [1.29, 1.82) is 0 Å². The van der Waals surface area contributed by atoms with E-state index < -0.39 is 17.3 Å². The van der Waals surface area contributed by atoms with E-state index in [-0.39, 0.29) is 11.1 Å². The number of amides is 1. The number of hydrogen-bond donors (Lipinski definition) is 1. The topological polar surface area (TPSA) is 60.3 Å². The minimum absolute atomic E-state index is 0.0533. The number of nitrogens with one attached hydrogen (secondary N) is 1. The van der Waals surface area contributed by atoms with Crippen LogP contribution in [0.2, 0.25) is 0 Å². The van der Waals surface area contributed by atoms with Crippen LogP contribution in [0.3, 0.4) is 0 Å². The van der Waals surface area contributed by atoms with E-state index in [1.807, 2.05) is 30.3 Å². The number of hydrogen-bond acceptors (Lipinski definition) is 3. The maximum absolute atomic E-state index is 13.4. The van der Waals surface area contributed by atoms with Gasteiger partial charge in [-0.15, -0.1) is 4.73 Å². The van der Waals surface area contributed by atoms with Gasteiger partial charge in [0.15, 0.2) is 0 Å². The Morgan fingerprint density at radius 3 is 2.62 bits per heavy atom. The standard InChI is InChI=1S/C18H15FN2O3/c1-24-21-16(17(22)20-11-12-5-3-2-4-6-12)9-13-7-8-14(19)10-15(13)18(21)23/h2-10H,11H2,1H3,(H,20,22). The fraction of sp³-hybridized carbons (Fsp3) is 0.111. The van der Waals surface area contributed by atoms with Crippen molar-refractivity contribution >= 4 is 16.7 Å². The van der Waals surface area contributed by atoms with Crippen LogP contribution in [0.4, 0.5) is 4.39 Å². The Hall–Kier alpha value is -3.15. The summed E-state index contributed by atoms with van der Waals surface area (Å²) in [5.74, 6) is -0.979. The summed E-state index contributed by atoms with van der Waals surface area (Å²) in [4.78, 5) is 29.9. The number of rotatable bonds is 4. The Labute approximate surface area is 137 Å². The number of pyridine rings is 1. The summed E-state index contributed by atoms with van der Waals surface area (Å²) < 4.78 is 14.2. The number of halogens is 1. The highest BCUT2D eigenvalue weighted by atomic mass is 19.1. The van der Waals surface area contributed by atoms with Crippen molar-refractivity contribution in [3.05, 3.63) is 82.0 Å². The second-order valence-electron chi connectivity index (χ2n) is 5.21. The molecule has 0 spiro atoms. The van der Waals surface area contributed by atoms with E-state index in [0.717, 1.165) is 16.4 Å². The lowest BCUT2D eigenvalue weighted by molar-refractivity contribution is 0.0882. The molecule has 0 unspecified atom stereocenters. The normalized spacial score (nSPS) is 10.6. The van der Waals surface area contributed by atoms with Gasteiger partial charge in [0.05, 0.1) is 5.39 Å². The molecule has 122 valence electrons. The summed E-state index contributed by atoms with van der Waals surface area (Å²) in [5, 5.41) is 3.36. The van der Waals surface area contributed by atoms with Crippen molar-refractivity contribution in [2.45, 2.75) is 6.54 Å². The van der Waals surface area contributed by atoms with Gasteiger partial charge in [0.25, 0.3) is 11.5 Å². The summed E-state index contributed by atoms with van der Waals surface area (Å²) in [5.41, 5.74) is 0.400. The Kier molecular flexibility index (Phi) is 4.29. The Balaban J connectivity index is 1.97. The maximum atomic E-state index is 13.4. The SMILES string of the molecule is COn1c(C(=O)NCc2ccccc2)cc2ccc(F)cc2c1=O. The van der Waals surface area contributed by atoms with Crippen molar-refractivity contribution in [2.24, 2.45) is 0 Å². The molecule has 0 atom stereocenters. The molecule has 0 aliphatic heterocycles. The molecule has 1 N–H and O–H groups in total. The van der Waals surface area contributed by atoms with Crippen molar-refractivity contribution in [1.82, 2.24) is 10.0 Å². The zero-order chi connectivity index (χ0) is 17.1. The van der Waals surface area contributed by atoms with Crippen LogP contribution < -0.4 is 15.7 Å². The molecule has 3 aromatic rings. The predicted octanol–water partition coefficient (Wildman–Crippen LogP) is 2.13. The number of carbonyl (C=O) groups excluding carboxylic acids is 1. The molecule has 3 rings (SSSR count). The first-order valence-corrected chi connectivity index (χ1v) is 7.32. The quantitative estimate of drug-likeness (QED) is 0.799. The molecule has 24 heavy (non-hydrogen) atoms. The molecular formula is C18H15FN2O3. The molecule has 6 heteroatoms. The zero-order valence-corrected chi connectivity index (χ0v) is 13.0. The lowest BCUT2D eigenvalue weighted by Crippen LogP contribution is -2.34. The molecule has 1 heterocycles. The van der Waals surface area contributed by atoms with Crippen LogP contribution in [0.1, 0.15) is 16.1 Å². The Morgan fingerprint density at radius 1 is 1.17 bits per heavy atom. The highest BCUT2D eigenvalue weighted by Gasteiger charge is 2.16. The average molecular weight is 326 g/mol. The van der Waals surface area contributed by atoms with Gasteiger partial charge in [-0.05, 0) is 29.1 Å². The summed E-state index contributed by atoms with van der Waals surface area (Å²) >= 11 is 0. The van der Waals surface area contributed by atoms with Gasteiger partial charge >= 0.3 is 0 Å². The van der Waals surface area contributed by atoms with Crippen LogP contribution in [0.15, 0.2) is 59.4 Å². The van der Waals surface area contributed by atoms with E-state index in [4.69, 9.17) is 4.84 Å². The van der Waals surface area contributed by atoms with Crippen molar-refractivity contribution in [3.63, 3.8) is 0 Å². The summed E-state index contributed by atoms with van der Waals surface area (Å²) in [6, 6.07) is 14.7. The number of carbonyl (C=O) groups is 1. The average Bonchev–Trinajstić information content (AvgIpc) is 2.61. The number of fused-ring (bicyclic) bond motifs is 1. The lowest BCUT2D eigenvalue weighted by atomic mass is 10.1. The van der Waals surface area contributed by atoms with Gasteiger partial charge in [0, 0.05) is 6.54 Å². The lowest BCUT2D eigenvalue weighted by Gasteiger charge is -2.12. The third-order valence-corrected chi connectivity index (χ3v) is 3.65. The van der Waals surface area contributed by atoms with Crippen LogP contribution in [0, 0.1) is 5.82 Å². The van der Waals surface area contributed by atoms with E-state index in [2.05, 4.69) is 5.32 Å². The van der Waals surface area contributed by atoms with Gasteiger partial charge in [-0.2, -0.15) is 0 Å². The Bertz CT molecular complexity index is 952. The minimum atomic E-state index is -0.584. The van der Waals surface area contributed by atoms with Crippen molar-refractivity contribution in [2.75, 3.05) is 7.11 Å². The summed E-state index contributed by atoms with van der Waals surface area (Å²) in [7, 11) is 1.28. The first-order chi connectivity index (χ1) is 11.6. The largest absolute Gasteiger partial charge is 0.413 e. The van der Waals surface area contributed by atoms with E-state index in [1.165, 1.54) is 25.3 Å². The highest BCUT2D eigenvalue weighted by molar-refractivity contribution is 5.96. The number of nitrogens with zero attached hydrogens (tertiary/aromatic N) is 1. The minimum Gasteiger partial charge on any atom is -0.413 e.